The Labute approximate surface area is 105 Å². The van der Waals surface area contributed by atoms with Crippen LogP contribution in [-0.4, -0.2) is 40.6 Å². The van der Waals surface area contributed by atoms with Crippen molar-refractivity contribution >= 4 is 11.9 Å². The lowest BCUT2D eigenvalue weighted by Gasteiger charge is -2.51. The highest BCUT2D eigenvalue weighted by Gasteiger charge is 2.62. The summed E-state index contributed by atoms with van der Waals surface area (Å²) in [4.78, 5) is 24.5. The molecule has 0 aromatic heterocycles. The number of ether oxygens (including phenoxy) is 1. The number of aliphatic carboxylic acids is 1. The number of benzene rings is 1. The molecular formula is C13H15NO4. The standard InChI is InChI=1S/C13H15NO4/c1-13(12(16)17)10(18-2)11(15)14(13)8-9-6-4-3-5-7-9/h3-7,10H,8H2,1-2H3,(H,16,17)/t10-,13+/m0/s1. The van der Waals surface area contributed by atoms with Crippen LogP contribution in [0.4, 0.5) is 0 Å². The van der Waals surface area contributed by atoms with Crippen LogP contribution in [0.5, 0.6) is 0 Å². The predicted molar refractivity (Wildman–Crippen MR) is 63.8 cm³/mol. The minimum atomic E-state index is -1.29. The SMILES string of the molecule is CO[C@H]1C(=O)N(Cc2ccccc2)[C@@]1(C)C(=O)O. The zero-order chi connectivity index (χ0) is 13.3. The van der Waals surface area contributed by atoms with Crippen molar-refractivity contribution in [3.8, 4) is 0 Å². The molecule has 1 aliphatic heterocycles. The number of rotatable bonds is 4. The van der Waals surface area contributed by atoms with E-state index in [1.54, 1.807) is 0 Å². The number of nitrogens with zero attached hydrogens (tertiary/aromatic N) is 1. The van der Waals surface area contributed by atoms with Crippen LogP contribution < -0.4 is 0 Å². The molecule has 0 unspecified atom stereocenters. The molecular weight excluding hydrogens is 234 g/mol. The number of methoxy groups -OCH3 is 1. The van der Waals surface area contributed by atoms with Crippen molar-refractivity contribution < 1.29 is 19.4 Å². The first-order chi connectivity index (χ1) is 8.51. The van der Waals surface area contributed by atoms with Gasteiger partial charge in [-0.2, -0.15) is 0 Å². The fourth-order valence-corrected chi connectivity index (χ4v) is 2.25. The molecule has 1 aromatic carbocycles. The Morgan fingerprint density at radius 1 is 1.44 bits per heavy atom. The Bertz CT molecular complexity index is 473. The Morgan fingerprint density at radius 3 is 2.56 bits per heavy atom. The highest BCUT2D eigenvalue weighted by Crippen LogP contribution is 2.35. The molecule has 1 N–H and O–H groups in total. The number of likely N-dealkylation sites (tertiary alicyclic amines) is 1. The van der Waals surface area contributed by atoms with Gasteiger partial charge in [0.1, 0.15) is 0 Å². The molecule has 1 fully saturated rings. The van der Waals surface area contributed by atoms with Crippen molar-refractivity contribution in [3.05, 3.63) is 35.9 Å². The van der Waals surface area contributed by atoms with Gasteiger partial charge in [0.05, 0.1) is 0 Å². The molecule has 5 nitrogen and oxygen atoms in total. The highest BCUT2D eigenvalue weighted by atomic mass is 16.5. The second kappa shape index (κ2) is 4.42. The van der Waals surface area contributed by atoms with E-state index < -0.39 is 17.6 Å². The largest absolute Gasteiger partial charge is 0.479 e. The number of β-lactam (4-membered cyclic amide) rings is 1. The topological polar surface area (TPSA) is 66.8 Å². The number of carbonyl (C=O) groups is 2. The number of amides is 1. The van der Waals surface area contributed by atoms with E-state index in [-0.39, 0.29) is 12.5 Å². The molecule has 96 valence electrons. The maximum absolute atomic E-state index is 11.9. The number of carboxylic acids is 1. The fraction of sp³-hybridized carbons (Fsp3) is 0.385. The summed E-state index contributed by atoms with van der Waals surface area (Å²) < 4.78 is 4.97. The van der Waals surface area contributed by atoms with Gasteiger partial charge >= 0.3 is 5.97 Å². The third-order valence-electron chi connectivity index (χ3n) is 3.41. The first-order valence-electron chi connectivity index (χ1n) is 5.63. The van der Waals surface area contributed by atoms with Crippen molar-refractivity contribution in [2.45, 2.75) is 25.1 Å². The zero-order valence-electron chi connectivity index (χ0n) is 10.3. The van der Waals surface area contributed by atoms with Gasteiger partial charge in [-0.1, -0.05) is 30.3 Å². The van der Waals surface area contributed by atoms with Gasteiger partial charge in [-0.15, -0.1) is 0 Å². The maximum Gasteiger partial charge on any atom is 0.332 e. The van der Waals surface area contributed by atoms with Gasteiger partial charge in [0.2, 0.25) is 0 Å². The molecule has 1 heterocycles. The van der Waals surface area contributed by atoms with Crippen LogP contribution in [0.1, 0.15) is 12.5 Å². The van der Waals surface area contributed by atoms with Gasteiger partial charge in [-0.05, 0) is 12.5 Å². The number of carbonyl (C=O) groups excluding carboxylic acids is 1. The lowest BCUT2D eigenvalue weighted by Crippen LogP contribution is -2.76. The van der Waals surface area contributed by atoms with Crippen LogP contribution in [0.25, 0.3) is 0 Å². The molecule has 1 aromatic rings. The van der Waals surface area contributed by atoms with E-state index in [0.29, 0.717) is 0 Å². The second-order valence-electron chi connectivity index (χ2n) is 4.48. The number of hydrogen-bond acceptors (Lipinski definition) is 3. The van der Waals surface area contributed by atoms with E-state index in [4.69, 9.17) is 4.74 Å². The molecule has 1 amide bonds. The minimum absolute atomic E-state index is 0.280. The van der Waals surface area contributed by atoms with Crippen molar-refractivity contribution in [2.24, 2.45) is 0 Å². The van der Waals surface area contributed by atoms with Gasteiger partial charge < -0.3 is 14.7 Å². The summed E-state index contributed by atoms with van der Waals surface area (Å²) in [7, 11) is 1.35. The van der Waals surface area contributed by atoms with E-state index >= 15 is 0 Å². The molecule has 0 saturated carbocycles. The van der Waals surface area contributed by atoms with Crippen LogP contribution in [0.3, 0.4) is 0 Å². The zero-order valence-corrected chi connectivity index (χ0v) is 10.3. The first kappa shape index (κ1) is 12.6. The second-order valence-corrected chi connectivity index (χ2v) is 4.48. The van der Waals surface area contributed by atoms with Gasteiger partial charge in [-0.3, -0.25) is 4.79 Å². The van der Waals surface area contributed by atoms with Gasteiger partial charge in [-0.25, -0.2) is 4.79 Å². The first-order valence-corrected chi connectivity index (χ1v) is 5.63. The molecule has 0 radical (unpaired) electrons. The molecule has 0 bridgehead atoms. The molecule has 18 heavy (non-hydrogen) atoms. The quantitative estimate of drug-likeness (QED) is 0.805. The van der Waals surface area contributed by atoms with Gasteiger partial charge in [0.25, 0.3) is 5.91 Å². The maximum atomic E-state index is 11.9. The fourth-order valence-electron chi connectivity index (χ4n) is 2.25. The van der Waals surface area contributed by atoms with E-state index in [1.165, 1.54) is 18.9 Å². The Balaban J connectivity index is 2.23. The van der Waals surface area contributed by atoms with Crippen LogP contribution in [-0.2, 0) is 20.9 Å². The summed E-state index contributed by atoms with van der Waals surface area (Å²) >= 11 is 0. The highest BCUT2D eigenvalue weighted by molar-refractivity contribution is 6.01. The van der Waals surface area contributed by atoms with Gasteiger partial charge in [0, 0.05) is 13.7 Å². The molecule has 0 spiro atoms. The third kappa shape index (κ3) is 1.67. The third-order valence-corrected chi connectivity index (χ3v) is 3.41. The Morgan fingerprint density at radius 2 is 2.06 bits per heavy atom. The molecule has 2 rings (SSSR count). The minimum Gasteiger partial charge on any atom is -0.479 e. The van der Waals surface area contributed by atoms with Crippen molar-refractivity contribution in [3.63, 3.8) is 0 Å². The van der Waals surface area contributed by atoms with Crippen LogP contribution in [0.2, 0.25) is 0 Å². The van der Waals surface area contributed by atoms with Crippen molar-refractivity contribution in [2.75, 3.05) is 7.11 Å². The van der Waals surface area contributed by atoms with E-state index in [9.17, 15) is 14.7 Å². The molecule has 5 heteroatoms. The number of hydrogen-bond donors (Lipinski definition) is 1. The monoisotopic (exact) mass is 249 g/mol. The van der Waals surface area contributed by atoms with E-state index in [1.807, 2.05) is 30.3 Å². The smallest absolute Gasteiger partial charge is 0.332 e. The van der Waals surface area contributed by atoms with E-state index in [0.717, 1.165) is 5.56 Å². The normalized spacial score (nSPS) is 26.9. The summed E-state index contributed by atoms with van der Waals surface area (Å²) in [6, 6.07) is 9.29. The summed E-state index contributed by atoms with van der Waals surface area (Å²) in [6.45, 7) is 1.79. The number of carboxylic acid groups (broad SMARTS) is 1. The lowest BCUT2D eigenvalue weighted by atomic mass is 9.82. The lowest BCUT2D eigenvalue weighted by molar-refractivity contribution is -0.201. The summed E-state index contributed by atoms with van der Waals surface area (Å²) in [6.07, 6.45) is -0.904. The van der Waals surface area contributed by atoms with Crippen molar-refractivity contribution in [1.29, 1.82) is 0 Å². The molecule has 0 aliphatic carbocycles. The van der Waals surface area contributed by atoms with E-state index in [2.05, 4.69) is 0 Å². The Kier molecular flexibility index (Phi) is 3.09. The summed E-state index contributed by atoms with van der Waals surface area (Å²) in [5, 5.41) is 9.29. The average molecular weight is 249 g/mol. The molecule has 1 aliphatic rings. The van der Waals surface area contributed by atoms with Crippen LogP contribution >= 0.6 is 0 Å². The Hall–Kier alpha value is -1.88. The molecule has 2 atom stereocenters. The van der Waals surface area contributed by atoms with Gasteiger partial charge in [0.15, 0.2) is 11.6 Å². The summed E-state index contributed by atoms with van der Waals surface area (Å²) in [5.74, 6) is -1.34. The summed E-state index contributed by atoms with van der Waals surface area (Å²) in [5.41, 5.74) is -0.394. The predicted octanol–water partition coefficient (Wildman–Crippen LogP) is 0.887. The molecule has 1 saturated heterocycles. The average Bonchev–Trinajstić information content (AvgIpc) is 2.37. The van der Waals surface area contributed by atoms with Crippen LogP contribution in [0.15, 0.2) is 30.3 Å². The van der Waals surface area contributed by atoms with Crippen molar-refractivity contribution in [1.82, 2.24) is 4.90 Å². The van der Waals surface area contributed by atoms with Crippen LogP contribution in [0, 0.1) is 0 Å².